The summed E-state index contributed by atoms with van der Waals surface area (Å²) in [7, 11) is 0. The van der Waals surface area contributed by atoms with Gasteiger partial charge in [0, 0.05) is 56.8 Å². The molecule has 2 aliphatic rings. The molecule has 152 valence electrons. The number of aryl methyl sites for hydroxylation is 2. The fourth-order valence-corrected chi connectivity index (χ4v) is 5.12. The molecule has 0 spiro atoms. The van der Waals surface area contributed by atoms with E-state index in [0.717, 1.165) is 25.2 Å². The monoisotopic (exact) mass is 394 g/mol. The van der Waals surface area contributed by atoms with Gasteiger partial charge in [-0.3, -0.25) is 9.69 Å². The minimum absolute atomic E-state index is 0.0865. The summed E-state index contributed by atoms with van der Waals surface area (Å²) in [5.41, 5.74) is 2.78. The Bertz CT molecular complexity index is 1070. The Balaban J connectivity index is 1.30. The zero-order valence-electron chi connectivity index (χ0n) is 16.8. The zero-order valence-corrected chi connectivity index (χ0v) is 16.8. The largest absolute Gasteiger partial charge is 0.436 e. The Morgan fingerprint density at radius 1 is 1.31 bits per heavy atom. The van der Waals surface area contributed by atoms with E-state index in [4.69, 9.17) is 4.42 Å². The average Bonchev–Trinajstić information content (AvgIpc) is 3.43. The van der Waals surface area contributed by atoms with Gasteiger partial charge in [0.2, 0.25) is 5.76 Å². The van der Waals surface area contributed by atoms with Crippen molar-refractivity contribution < 1.29 is 14.3 Å². The quantitative estimate of drug-likeness (QED) is 0.709. The fourth-order valence-electron chi connectivity index (χ4n) is 5.12. The van der Waals surface area contributed by atoms with Crippen molar-refractivity contribution in [1.29, 1.82) is 0 Å². The number of aromatic nitrogens is 2. The Hall–Kier alpha value is -2.64. The van der Waals surface area contributed by atoms with Gasteiger partial charge in [-0.25, -0.2) is 4.98 Å². The standard InChI is InChI=1S/C22H26N4O3/c1-14-20(29-15(2)24-14)21(28)26-10-18-9-25(11-22(18,12-26)13-27)8-16-3-4-19-17(7-16)5-6-23-19/h3-7,18,23,27H,8-13H2,1-2H3. The highest BCUT2D eigenvalue weighted by atomic mass is 16.4. The number of carbonyl (C=O) groups excluding carboxylic acids is 1. The van der Waals surface area contributed by atoms with E-state index in [9.17, 15) is 9.90 Å². The lowest BCUT2D eigenvalue weighted by Gasteiger charge is -2.27. The van der Waals surface area contributed by atoms with Crippen molar-refractivity contribution in [2.75, 3.05) is 32.8 Å². The molecule has 2 atom stereocenters. The number of nitrogens with zero attached hydrogens (tertiary/aromatic N) is 3. The maximum Gasteiger partial charge on any atom is 0.291 e. The summed E-state index contributed by atoms with van der Waals surface area (Å²) in [6.07, 6.45) is 1.96. The van der Waals surface area contributed by atoms with Crippen LogP contribution in [0.5, 0.6) is 0 Å². The first-order chi connectivity index (χ1) is 14.0. The molecule has 1 aromatic carbocycles. The molecule has 0 aliphatic carbocycles. The van der Waals surface area contributed by atoms with Crippen molar-refractivity contribution in [3.63, 3.8) is 0 Å². The number of aliphatic hydroxyl groups excluding tert-OH is 1. The third-order valence-corrected chi connectivity index (χ3v) is 6.55. The lowest BCUT2D eigenvalue weighted by atomic mass is 9.82. The molecule has 0 bridgehead atoms. The molecule has 4 heterocycles. The van der Waals surface area contributed by atoms with Gasteiger partial charge >= 0.3 is 0 Å². The summed E-state index contributed by atoms with van der Waals surface area (Å²) in [4.78, 5) is 24.6. The molecule has 2 N–H and O–H groups in total. The number of oxazole rings is 1. The van der Waals surface area contributed by atoms with Crippen molar-refractivity contribution in [2.45, 2.75) is 20.4 Å². The van der Waals surface area contributed by atoms with Crippen molar-refractivity contribution in [1.82, 2.24) is 19.8 Å². The van der Waals surface area contributed by atoms with Crippen LogP contribution >= 0.6 is 0 Å². The van der Waals surface area contributed by atoms with Crippen molar-refractivity contribution in [2.24, 2.45) is 11.3 Å². The number of nitrogens with one attached hydrogen (secondary N) is 1. The van der Waals surface area contributed by atoms with Crippen molar-refractivity contribution >= 4 is 16.8 Å². The highest BCUT2D eigenvalue weighted by molar-refractivity contribution is 5.92. The van der Waals surface area contributed by atoms with E-state index in [2.05, 4.69) is 39.1 Å². The summed E-state index contributed by atoms with van der Waals surface area (Å²) < 4.78 is 5.53. The van der Waals surface area contributed by atoms with Gasteiger partial charge in [0.15, 0.2) is 5.89 Å². The zero-order chi connectivity index (χ0) is 20.2. The molecule has 29 heavy (non-hydrogen) atoms. The highest BCUT2D eigenvalue weighted by Crippen LogP contribution is 2.43. The first-order valence-corrected chi connectivity index (χ1v) is 10.1. The van der Waals surface area contributed by atoms with E-state index in [1.807, 2.05) is 11.1 Å². The van der Waals surface area contributed by atoms with E-state index in [1.165, 1.54) is 10.9 Å². The van der Waals surface area contributed by atoms with Gasteiger partial charge in [-0.05, 0) is 42.0 Å². The van der Waals surface area contributed by atoms with Crippen LogP contribution in [-0.2, 0) is 6.54 Å². The summed E-state index contributed by atoms with van der Waals surface area (Å²) in [5, 5.41) is 11.5. The lowest BCUT2D eigenvalue weighted by Crippen LogP contribution is -2.38. The van der Waals surface area contributed by atoms with Crippen LogP contribution < -0.4 is 0 Å². The van der Waals surface area contributed by atoms with Gasteiger partial charge in [-0.2, -0.15) is 0 Å². The van der Waals surface area contributed by atoms with E-state index in [-0.39, 0.29) is 23.8 Å². The molecule has 2 aliphatic heterocycles. The third kappa shape index (κ3) is 3.05. The maximum atomic E-state index is 12.9. The third-order valence-electron chi connectivity index (χ3n) is 6.55. The number of aromatic amines is 1. The molecule has 2 aromatic heterocycles. The van der Waals surface area contributed by atoms with Crippen LogP contribution in [0.4, 0.5) is 0 Å². The van der Waals surface area contributed by atoms with Crippen molar-refractivity contribution in [3.05, 3.63) is 53.4 Å². The molecule has 3 aromatic rings. The number of H-pyrrole nitrogens is 1. The van der Waals surface area contributed by atoms with Crippen LogP contribution in [0.1, 0.15) is 27.7 Å². The molecule has 0 radical (unpaired) electrons. The van der Waals surface area contributed by atoms with Crippen LogP contribution in [0.3, 0.4) is 0 Å². The molecular formula is C22H26N4O3. The summed E-state index contributed by atoms with van der Waals surface area (Å²) in [6, 6.07) is 8.58. The maximum absolute atomic E-state index is 12.9. The van der Waals surface area contributed by atoms with E-state index < -0.39 is 0 Å². The second-order valence-electron chi connectivity index (χ2n) is 8.62. The molecule has 5 rings (SSSR count). The molecule has 0 saturated carbocycles. The van der Waals surface area contributed by atoms with Gasteiger partial charge in [0.25, 0.3) is 5.91 Å². The van der Waals surface area contributed by atoms with Gasteiger partial charge in [-0.15, -0.1) is 0 Å². The predicted octanol–water partition coefficient (Wildman–Crippen LogP) is 2.34. The first kappa shape index (κ1) is 18.4. The van der Waals surface area contributed by atoms with E-state index >= 15 is 0 Å². The molecular weight excluding hydrogens is 368 g/mol. The van der Waals surface area contributed by atoms with Crippen LogP contribution in [0, 0.1) is 25.2 Å². The Labute approximate surface area is 169 Å². The number of likely N-dealkylation sites (tertiary alicyclic amines) is 2. The molecule has 2 saturated heterocycles. The van der Waals surface area contributed by atoms with Gasteiger partial charge in [-0.1, -0.05) is 6.07 Å². The minimum Gasteiger partial charge on any atom is -0.436 e. The minimum atomic E-state index is -0.267. The van der Waals surface area contributed by atoms with Crippen LogP contribution in [0.15, 0.2) is 34.9 Å². The van der Waals surface area contributed by atoms with Gasteiger partial charge in [0.05, 0.1) is 12.3 Å². The SMILES string of the molecule is Cc1nc(C)c(C(=O)N2CC3CN(Cc4ccc5[nH]ccc5c4)CC3(CO)C2)o1. The highest BCUT2D eigenvalue weighted by Gasteiger charge is 2.53. The normalized spacial score (nSPS) is 24.5. The smallest absolute Gasteiger partial charge is 0.291 e. The number of carbonyl (C=O) groups is 1. The first-order valence-electron chi connectivity index (χ1n) is 10.1. The van der Waals surface area contributed by atoms with Crippen LogP contribution in [-0.4, -0.2) is 63.6 Å². The summed E-state index contributed by atoms with van der Waals surface area (Å²) >= 11 is 0. The van der Waals surface area contributed by atoms with E-state index in [1.54, 1.807) is 13.8 Å². The summed E-state index contributed by atoms with van der Waals surface area (Å²) in [5.74, 6) is 0.978. The number of hydrogen-bond acceptors (Lipinski definition) is 5. The molecule has 2 fully saturated rings. The van der Waals surface area contributed by atoms with Gasteiger partial charge in [0.1, 0.15) is 0 Å². The average molecular weight is 394 g/mol. The number of aliphatic hydroxyl groups is 1. The Kier molecular flexibility index (Phi) is 4.26. The second kappa shape index (κ2) is 6.71. The molecule has 1 amide bonds. The molecule has 2 unspecified atom stereocenters. The van der Waals surface area contributed by atoms with E-state index in [0.29, 0.717) is 30.4 Å². The molecule has 7 nitrogen and oxygen atoms in total. The van der Waals surface area contributed by atoms with Crippen LogP contribution in [0.2, 0.25) is 0 Å². The number of benzene rings is 1. The summed E-state index contributed by atoms with van der Waals surface area (Å²) in [6.45, 7) is 7.36. The number of amides is 1. The number of hydrogen-bond donors (Lipinski definition) is 2. The number of fused-ring (bicyclic) bond motifs is 2. The Morgan fingerprint density at radius 3 is 2.90 bits per heavy atom. The fraction of sp³-hybridized carbons (Fsp3) is 0.455. The van der Waals surface area contributed by atoms with Crippen LogP contribution in [0.25, 0.3) is 10.9 Å². The van der Waals surface area contributed by atoms with Gasteiger partial charge < -0.3 is 19.4 Å². The Morgan fingerprint density at radius 2 is 2.17 bits per heavy atom. The second-order valence-corrected chi connectivity index (χ2v) is 8.62. The molecule has 7 heteroatoms. The predicted molar refractivity (Wildman–Crippen MR) is 108 cm³/mol. The lowest BCUT2D eigenvalue weighted by molar-refractivity contribution is 0.0687. The number of rotatable bonds is 4. The topological polar surface area (TPSA) is 85.6 Å². The van der Waals surface area contributed by atoms with Crippen molar-refractivity contribution in [3.8, 4) is 0 Å².